The summed E-state index contributed by atoms with van der Waals surface area (Å²) in [6.07, 6.45) is 3.18. The van der Waals surface area contributed by atoms with E-state index in [9.17, 15) is 4.79 Å². The number of nitrogens with one attached hydrogen (secondary N) is 2. The Labute approximate surface area is 120 Å². The van der Waals surface area contributed by atoms with Gasteiger partial charge in [-0.25, -0.2) is 0 Å². The predicted molar refractivity (Wildman–Crippen MR) is 79.8 cm³/mol. The van der Waals surface area contributed by atoms with Gasteiger partial charge in [-0.05, 0) is 43.9 Å². The monoisotopic (exact) mass is 276 g/mol. The van der Waals surface area contributed by atoms with E-state index >= 15 is 0 Å². The fourth-order valence-electron chi connectivity index (χ4n) is 2.22. The molecule has 1 aromatic carbocycles. The van der Waals surface area contributed by atoms with Crippen molar-refractivity contribution in [1.29, 1.82) is 0 Å². The Balaban J connectivity index is 1.94. The highest BCUT2D eigenvalue weighted by molar-refractivity contribution is 5.81. The number of carbonyl (C=O) groups is 1. The summed E-state index contributed by atoms with van der Waals surface area (Å²) in [4.78, 5) is 12.0. The van der Waals surface area contributed by atoms with E-state index < -0.39 is 0 Å². The Bertz CT molecular complexity index is 440. The third kappa shape index (κ3) is 3.97. The number of methoxy groups -OCH3 is 1. The molecular formula is C16H24N2O2. The number of hydrogen-bond acceptors (Lipinski definition) is 3. The maximum Gasteiger partial charge on any atom is 0.237 e. The average molecular weight is 276 g/mol. The third-order valence-electron chi connectivity index (χ3n) is 3.69. The van der Waals surface area contributed by atoms with Crippen LogP contribution in [-0.2, 0) is 4.79 Å². The Hall–Kier alpha value is -1.55. The number of benzene rings is 1. The highest BCUT2D eigenvalue weighted by Gasteiger charge is 2.26. The second-order valence-electron chi connectivity index (χ2n) is 5.41. The van der Waals surface area contributed by atoms with E-state index in [-0.39, 0.29) is 18.0 Å². The molecule has 0 unspecified atom stereocenters. The molecule has 1 fully saturated rings. The normalized spacial score (nSPS) is 17.4. The van der Waals surface area contributed by atoms with Crippen molar-refractivity contribution in [2.75, 3.05) is 7.11 Å². The fourth-order valence-corrected chi connectivity index (χ4v) is 2.22. The highest BCUT2D eigenvalue weighted by Crippen LogP contribution is 2.21. The molecule has 110 valence electrons. The number of hydrogen-bond donors (Lipinski definition) is 2. The summed E-state index contributed by atoms with van der Waals surface area (Å²) in [6.45, 7) is 4.04. The summed E-state index contributed by atoms with van der Waals surface area (Å²) in [5.74, 6) is 0.947. The number of carbonyl (C=O) groups excluding carboxylic acids is 1. The Kier molecular flexibility index (Phi) is 5.01. The lowest BCUT2D eigenvalue weighted by atomic mass is 10.0. The maximum absolute atomic E-state index is 12.0. The van der Waals surface area contributed by atoms with Gasteiger partial charge in [-0.3, -0.25) is 10.1 Å². The molecule has 0 aliphatic heterocycles. The summed E-state index contributed by atoms with van der Waals surface area (Å²) >= 11 is 0. The predicted octanol–water partition coefficient (Wildman–Crippen LogP) is 2.40. The van der Waals surface area contributed by atoms with Crippen LogP contribution in [0.2, 0.25) is 0 Å². The van der Waals surface area contributed by atoms with Crippen LogP contribution in [0.4, 0.5) is 0 Å². The molecule has 4 nitrogen and oxygen atoms in total. The third-order valence-corrected chi connectivity index (χ3v) is 3.69. The number of ether oxygens (including phenoxy) is 1. The van der Waals surface area contributed by atoms with E-state index in [0.717, 1.165) is 25.0 Å². The SMILES string of the molecule is CC[C@@H](N[C@@H](C)C(=O)NC1CC1)c1ccc(OC)cc1. The molecule has 2 rings (SSSR count). The van der Waals surface area contributed by atoms with Crippen LogP contribution >= 0.6 is 0 Å². The van der Waals surface area contributed by atoms with Gasteiger partial charge in [0.2, 0.25) is 5.91 Å². The molecule has 1 saturated carbocycles. The first kappa shape index (κ1) is 14.9. The molecule has 0 saturated heterocycles. The Morgan fingerprint density at radius 1 is 1.35 bits per heavy atom. The lowest BCUT2D eigenvalue weighted by molar-refractivity contribution is -0.123. The number of amides is 1. The van der Waals surface area contributed by atoms with Crippen molar-refractivity contribution in [1.82, 2.24) is 10.6 Å². The molecule has 0 aromatic heterocycles. The van der Waals surface area contributed by atoms with Gasteiger partial charge in [-0.2, -0.15) is 0 Å². The van der Waals surface area contributed by atoms with Gasteiger partial charge in [0.25, 0.3) is 0 Å². The Morgan fingerprint density at radius 3 is 2.50 bits per heavy atom. The zero-order valence-electron chi connectivity index (χ0n) is 12.5. The van der Waals surface area contributed by atoms with Crippen molar-refractivity contribution in [3.63, 3.8) is 0 Å². The molecule has 0 spiro atoms. The van der Waals surface area contributed by atoms with Crippen LogP contribution in [0.15, 0.2) is 24.3 Å². The van der Waals surface area contributed by atoms with E-state index in [1.165, 1.54) is 5.56 Å². The van der Waals surface area contributed by atoms with Gasteiger partial charge in [-0.15, -0.1) is 0 Å². The topological polar surface area (TPSA) is 50.4 Å². The van der Waals surface area contributed by atoms with E-state index in [4.69, 9.17) is 4.74 Å². The molecule has 0 bridgehead atoms. The smallest absolute Gasteiger partial charge is 0.237 e. The quantitative estimate of drug-likeness (QED) is 0.804. The summed E-state index contributed by atoms with van der Waals surface area (Å²) in [6, 6.07) is 8.41. The molecule has 0 heterocycles. The van der Waals surface area contributed by atoms with Gasteiger partial charge in [0.05, 0.1) is 13.2 Å². The molecule has 1 aromatic rings. The van der Waals surface area contributed by atoms with Crippen LogP contribution in [-0.4, -0.2) is 25.1 Å². The summed E-state index contributed by atoms with van der Waals surface area (Å²) in [7, 11) is 1.66. The van der Waals surface area contributed by atoms with Crippen molar-refractivity contribution in [2.45, 2.75) is 51.2 Å². The van der Waals surface area contributed by atoms with Crippen LogP contribution < -0.4 is 15.4 Å². The van der Waals surface area contributed by atoms with Crippen LogP contribution in [0.1, 0.15) is 44.7 Å². The van der Waals surface area contributed by atoms with Crippen molar-refractivity contribution < 1.29 is 9.53 Å². The van der Waals surface area contributed by atoms with Crippen molar-refractivity contribution in [3.8, 4) is 5.75 Å². The van der Waals surface area contributed by atoms with E-state index in [1.54, 1.807) is 7.11 Å². The second kappa shape index (κ2) is 6.75. The summed E-state index contributed by atoms with van der Waals surface area (Å²) in [5, 5.41) is 6.43. The molecule has 2 N–H and O–H groups in total. The maximum atomic E-state index is 12.0. The summed E-state index contributed by atoms with van der Waals surface area (Å²) < 4.78 is 5.17. The Morgan fingerprint density at radius 2 is 2.00 bits per heavy atom. The van der Waals surface area contributed by atoms with Gasteiger partial charge in [0, 0.05) is 12.1 Å². The molecular weight excluding hydrogens is 252 g/mol. The lowest BCUT2D eigenvalue weighted by Gasteiger charge is -2.22. The molecule has 20 heavy (non-hydrogen) atoms. The van der Waals surface area contributed by atoms with Gasteiger partial charge in [0.1, 0.15) is 5.75 Å². The average Bonchev–Trinajstić information content (AvgIpc) is 3.28. The zero-order chi connectivity index (χ0) is 14.5. The molecule has 4 heteroatoms. The largest absolute Gasteiger partial charge is 0.497 e. The van der Waals surface area contributed by atoms with Gasteiger partial charge in [-0.1, -0.05) is 19.1 Å². The van der Waals surface area contributed by atoms with Crippen LogP contribution in [0, 0.1) is 0 Å². The minimum atomic E-state index is -0.178. The fraction of sp³-hybridized carbons (Fsp3) is 0.562. The first-order chi connectivity index (χ1) is 9.63. The minimum absolute atomic E-state index is 0.0967. The van der Waals surface area contributed by atoms with Gasteiger partial charge < -0.3 is 10.1 Å². The zero-order valence-corrected chi connectivity index (χ0v) is 12.5. The number of rotatable bonds is 7. The van der Waals surface area contributed by atoms with Crippen LogP contribution in [0.25, 0.3) is 0 Å². The first-order valence-corrected chi connectivity index (χ1v) is 7.34. The second-order valence-corrected chi connectivity index (χ2v) is 5.41. The minimum Gasteiger partial charge on any atom is -0.497 e. The molecule has 1 aliphatic rings. The standard InChI is InChI=1S/C16H24N2O2/c1-4-15(12-5-9-14(20-3)10-6-12)17-11(2)16(19)18-13-7-8-13/h5-6,9-11,13,15,17H,4,7-8H2,1-3H3,(H,18,19)/t11-,15+/m0/s1. The van der Waals surface area contributed by atoms with Crippen molar-refractivity contribution in [2.24, 2.45) is 0 Å². The van der Waals surface area contributed by atoms with Gasteiger partial charge >= 0.3 is 0 Å². The lowest BCUT2D eigenvalue weighted by Crippen LogP contribution is -2.44. The molecule has 2 atom stereocenters. The van der Waals surface area contributed by atoms with Gasteiger partial charge in [0.15, 0.2) is 0 Å². The first-order valence-electron chi connectivity index (χ1n) is 7.34. The van der Waals surface area contributed by atoms with Crippen molar-refractivity contribution in [3.05, 3.63) is 29.8 Å². The van der Waals surface area contributed by atoms with E-state index in [0.29, 0.717) is 6.04 Å². The van der Waals surface area contributed by atoms with E-state index in [1.807, 2.05) is 31.2 Å². The van der Waals surface area contributed by atoms with Crippen LogP contribution in [0.5, 0.6) is 5.75 Å². The summed E-state index contributed by atoms with van der Waals surface area (Å²) in [5.41, 5.74) is 1.18. The molecule has 0 radical (unpaired) electrons. The van der Waals surface area contributed by atoms with E-state index in [2.05, 4.69) is 17.6 Å². The molecule has 1 amide bonds. The van der Waals surface area contributed by atoms with Crippen LogP contribution in [0.3, 0.4) is 0 Å². The molecule has 1 aliphatic carbocycles. The van der Waals surface area contributed by atoms with Crippen molar-refractivity contribution >= 4 is 5.91 Å². The highest BCUT2D eigenvalue weighted by atomic mass is 16.5.